The van der Waals surface area contributed by atoms with Crippen LogP contribution in [0.1, 0.15) is 75.3 Å². The number of hydrogen-bond donors (Lipinski definition) is 3. The van der Waals surface area contributed by atoms with Gasteiger partial charge in [0.25, 0.3) is 5.91 Å². The minimum Gasteiger partial charge on any atom is -0.444 e. The topological polar surface area (TPSA) is 190 Å². The normalized spacial score (nSPS) is 30.6. The predicted octanol–water partition coefficient (Wildman–Crippen LogP) is 2.65. The number of carbonyl (C=O) groups excluding carboxylic acids is 5. The van der Waals surface area contributed by atoms with E-state index >= 15 is 0 Å². The Morgan fingerprint density at radius 3 is 2.60 bits per heavy atom. The van der Waals surface area contributed by atoms with E-state index in [-0.39, 0.29) is 45.5 Å². The van der Waals surface area contributed by atoms with E-state index in [9.17, 15) is 32.4 Å². The fraction of sp³-hybridized carbons (Fsp3) is 0.629. The van der Waals surface area contributed by atoms with Gasteiger partial charge in [0, 0.05) is 30.3 Å². The lowest BCUT2D eigenvalue weighted by molar-refractivity contribution is -0.141. The first-order valence-corrected chi connectivity index (χ1v) is 20.0. The predicted molar refractivity (Wildman–Crippen MR) is 185 cm³/mol. The van der Waals surface area contributed by atoms with Gasteiger partial charge in [-0.2, -0.15) is 0 Å². The zero-order chi connectivity index (χ0) is 36.6. The van der Waals surface area contributed by atoms with Crippen LogP contribution in [0.15, 0.2) is 30.4 Å². The van der Waals surface area contributed by atoms with Gasteiger partial charge in [0.15, 0.2) is 0 Å². The molecule has 0 bridgehead atoms. The number of allylic oxidation sites excluding steroid dienone is 1. The van der Waals surface area contributed by atoms with Gasteiger partial charge in [0.05, 0.1) is 31.6 Å². The van der Waals surface area contributed by atoms with Crippen LogP contribution in [0.3, 0.4) is 0 Å². The fourth-order valence-electron chi connectivity index (χ4n) is 7.51. The number of carbonyl (C=O) groups is 5. The molecule has 0 spiro atoms. The SMILES string of the molecule is O=C(N[C@H]1CCCCCC=C[C@@H]2C[C@@]2(C(=O)NS(=O)(=O)C2CC2)NC(=O)[C@@H]2C[C@@H](OC(=O)N3Cc4cccc(Cl)c4C3)CN2C1=O)OC1CCOC1. The second-order valence-corrected chi connectivity index (χ2v) is 17.0. The van der Waals surface area contributed by atoms with E-state index in [0.717, 1.165) is 24.0 Å². The van der Waals surface area contributed by atoms with Gasteiger partial charge < -0.3 is 29.7 Å². The molecule has 52 heavy (non-hydrogen) atoms. The summed E-state index contributed by atoms with van der Waals surface area (Å²) in [5.74, 6) is -2.53. The second-order valence-electron chi connectivity index (χ2n) is 14.6. The van der Waals surface area contributed by atoms with Crippen LogP contribution < -0.4 is 15.4 Å². The molecule has 1 unspecified atom stereocenters. The highest BCUT2D eigenvalue weighted by Gasteiger charge is 2.62. The lowest BCUT2D eigenvalue weighted by Gasteiger charge is -2.30. The minimum atomic E-state index is -3.91. The maximum atomic E-state index is 14.3. The Balaban J connectivity index is 1.12. The Bertz CT molecular complexity index is 1750. The molecule has 3 N–H and O–H groups in total. The average Bonchev–Trinajstić information content (AvgIpc) is 3.88. The smallest absolute Gasteiger partial charge is 0.410 e. The Morgan fingerprint density at radius 2 is 1.85 bits per heavy atom. The Kier molecular flexibility index (Phi) is 10.4. The number of sulfonamides is 1. The van der Waals surface area contributed by atoms with Crippen molar-refractivity contribution in [3.63, 3.8) is 0 Å². The van der Waals surface area contributed by atoms with Crippen molar-refractivity contribution in [3.05, 3.63) is 46.5 Å². The summed E-state index contributed by atoms with van der Waals surface area (Å²) < 4.78 is 44.4. The number of amides is 5. The van der Waals surface area contributed by atoms with E-state index in [4.69, 9.17) is 25.8 Å². The van der Waals surface area contributed by atoms with E-state index in [1.165, 1.54) is 9.80 Å². The molecule has 282 valence electrons. The summed E-state index contributed by atoms with van der Waals surface area (Å²) in [6.45, 7) is 1.09. The van der Waals surface area contributed by atoms with Crippen molar-refractivity contribution < 1.29 is 46.6 Å². The average molecular weight is 762 g/mol. The summed E-state index contributed by atoms with van der Waals surface area (Å²) >= 11 is 6.36. The van der Waals surface area contributed by atoms with Crippen LogP contribution in [-0.2, 0) is 51.7 Å². The van der Waals surface area contributed by atoms with Gasteiger partial charge in [0.2, 0.25) is 21.8 Å². The molecule has 15 nitrogen and oxygen atoms in total. The van der Waals surface area contributed by atoms with Gasteiger partial charge in [-0.1, -0.05) is 48.7 Å². The van der Waals surface area contributed by atoms with Crippen molar-refractivity contribution in [2.24, 2.45) is 5.92 Å². The van der Waals surface area contributed by atoms with Crippen molar-refractivity contribution in [3.8, 4) is 0 Å². The summed E-state index contributed by atoms with van der Waals surface area (Å²) in [6, 6.07) is 3.19. The molecule has 6 aliphatic rings. The van der Waals surface area contributed by atoms with E-state index in [1.807, 2.05) is 18.2 Å². The van der Waals surface area contributed by atoms with Gasteiger partial charge >= 0.3 is 12.2 Å². The van der Waals surface area contributed by atoms with Crippen LogP contribution in [0.25, 0.3) is 0 Å². The Labute approximate surface area is 307 Å². The molecule has 0 radical (unpaired) electrons. The number of nitrogens with one attached hydrogen (secondary N) is 3. The molecule has 2 aliphatic carbocycles. The lowest BCUT2D eigenvalue weighted by atomic mass is 10.0. The third kappa shape index (κ3) is 7.88. The number of halogens is 1. The zero-order valence-corrected chi connectivity index (χ0v) is 30.3. The van der Waals surface area contributed by atoms with Crippen LogP contribution in [0, 0.1) is 5.92 Å². The lowest BCUT2D eigenvalue weighted by Crippen LogP contribution is -2.58. The Morgan fingerprint density at radius 1 is 1.02 bits per heavy atom. The number of hydrogen-bond acceptors (Lipinski definition) is 10. The summed E-state index contributed by atoms with van der Waals surface area (Å²) in [4.78, 5) is 71.3. The quantitative estimate of drug-likeness (QED) is 0.364. The summed E-state index contributed by atoms with van der Waals surface area (Å²) in [6.07, 6.45) is 5.58. The molecule has 5 amide bonds. The highest BCUT2D eigenvalue weighted by atomic mass is 35.5. The minimum absolute atomic E-state index is 0.0833. The maximum absolute atomic E-state index is 14.3. The molecule has 7 rings (SSSR count). The molecule has 17 heteroatoms. The fourth-order valence-corrected chi connectivity index (χ4v) is 9.13. The monoisotopic (exact) mass is 761 g/mol. The Hall–Kier alpha value is -3.89. The molecule has 2 saturated heterocycles. The zero-order valence-electron chi connectivity index (χ0n) is 28.7. The number of rotatable bonds is 6. The maximum Gasteiger partial charge on any atom is 0.410 e. The van der Waals surface area contributed by atoms with Crippen molar-refractivity contribution in [2.75, 3.05) is 19.8 Å². The number of benzene rings is 1. The van der Waals surface area contributed by atoms with Crippen LogP contribution in [0.2, 0.25) is 5.02 Å². The van der Waals surface area contributed by atoms with E-state index in [2.05, 4.69) is 15.4 Å². The molecule has 1 aromatic carbocycles. The first-order chi connectivity index (χ1) is 24.9. The van der Waals surface area contributed by atoms with E-state index in [0.29, 0.717) is 43.7 Å². The highest BCUT2D eigenvalue weighted by molar-refractivity contribution is 7.91. The summed E-state index contributed by atoms with van der Waals surface area (Å²) in [7, 11) is -3.91. The molecular weight excluding hydrogens is 718 g/mol. The third-order valence-corrected chi connectivity index (χ3v) is 12.9. The number of alkyl carbamates (subject to hydrolysis) is 1. The van der Waals surface area contributed by atoms with Crippen molar-refractivity contribution in [1.82, 2.24) is 25.2 Å². The summed E-state index contributed by atoms with van der Waals surface area (Å²) in [5, 5.41) is 5.41. The first kappa shape index (κ1) is 36.5. The van der Waals surface area contributed by atoms with E-state index in [1.54, 1.807) is 12.1 Å². The van der Waals surface area contributed by atoms with Gasteiger partial charge in [-0.3, -0.25) is 24.0 Å². The van der Waals surface area contributed by atoms with Gasteiger partial charge in [-0.15, -0.1) is 0 Å². The van der Waals surface area contributed by atoms with Gasteiger partial charge in [-0.25, -0.2) is 18.0 Å². The second kappa shape index (κ2) is 14.9. The molecule has 1 aromatic rings. The molecule has 2 saturated carbocycles. The van der Waals surface area contributed by atoms with Crippen LogP contribution in [-0.4, -0.2) is 103 Å². The molecule has 4 fully saturated rings. The highest BCUT2D eigenvalue weighted by Crippen LogP contribution is 2.46. The third-order valence-electron chi connectivity index (χ3n) is 10.7. The van der Waals surface area contributed by atoms with Crippen molar-refractivity contribution in [2.45, 2.75) is 112 Å². The van der Waals surface area contributed by atoms with Gasteiger partial charge in [-0.05, 0) is 55.7 Å². The van der Waals surface area contributed by atoms with Gasteiger partial charge in [0.1, 0.15) is 29.8 Å². The van der Waals surface area contributed by atoms with Crippen LogP contribution in [0.4, 0.5) is 9.59 Å². The number of nitrogens with zero attached hydrogens (tertiary/aromatic N) is 2. The van der Waals surface area contributed by atoms with Crippen molar-refractivity contribution >= 4 is 51.5 Å². The van der Waals surface area contributed by atoms with Crippen LogP contribution in [0.5, 0.6) is 0 Å². The standard InChI is InChI=1S/C35H44ClN5O10S/c36-27-9-6-7-21-17-40(19-26(21)27)34(46)51-24-15-29-30(42)38-35(32(44)39-52(47,48)25-11-12-25)16-22(35)8-4-2-1-3-5-10-28(31(43)41(29)18-24)37-33(45)50-23-13-14-49-20-23/h4,6-9,22-25,28-29H,1-3,5,10-20H2,(H,37,45)(H,38,42)(H,39,44)/t22-,23?,24-,28+,29+,35-/m1/s1. The molecule has 6 atom stereocenters. The largest absolute Gasteiger partial charge is 0.444 e. The number of ether oxygens (including phenoxy) is 3. The molecule has 4 heterocycles. The summed E-state index contributed by atoms with van der Waals surface area (Å²) in [5.41, 5.74) is 0.174. The van der Waals surface area contributed by atoms with Crippen molar-refractivity contribution in [1.29, 1.82) is 0 Å². The molecule has 0 aromatic heterocycles. The van der Waals surface area contributed by atoms with E-state index < -0.39 is 80.9 Å². The first-order valence-electron chi connectivity index (χ1n) is 18.1. The number of fused-ring (bicyclic) bond motifs is 3. The molecular formula is C35H44ClN5O10S. The van der Waals surface area contributed by atoms with Crippen LogP contribution >= 0.6 is 11.6 Å². The molecule has 4 aliphatic heterocycles.